The van der Waals surface area contributed by atoms with E-state index < -0.39 is 24.1 Å². The summed E-state index contributed by atoms with van der Waals surface area (Å²) in [5, 5.41) is 19.2. The fourth-order valence-electron chi connectivity index (χ4n) is 1.51. The molecule has 0 saturated carbocycles. The van der Waals surface area contributed by atoms with Crippen molar-refractivity contribution in [1.29, 1.82) is 0 Å². The van der Waals surface area contributed by atoms with Crippen LogP contribution in [0.2, 0.25) is 0 Å². The summed E-state index contributed by atoms with van der Waals surface area (Å²) in [7, 11) is 0. The van der Waals surface area contributed by atoms with Crippen molar-refractivity contribution in [3.05, 3.63) is 24.3 Å². The zero-order valence-corrected chi connectivity index (χ0v) is 14.9. The van der Waals surface area contributed by atoms with Crippen molar-refractivity contribution in [3.8, 4) is 0 Å². The molecule has 0 rings (SSSR count). The lowest BCUT2D eigenvalue weighted by Crippen LogP contribution is -2.29. The Morgan fingerprint density at radius 2 is 1.32 bits per heavy atom. The highest BCUT2D eigenvalue weighted by Gasteiger charge is 2.12. The van der Waals surface area contributed by atoms with Crippen LogP contribution in [-0.2, 0) is 28.5 Å². The molecule has 0 bridgehead atoms. The number of ether oxygens (including phenoxy) is 4. The van der Waals surface area contributed by atoms with E-state index in [9.17, 15) is 19.8 Å². The number of carbonyl (C=O) groups is 2. The Balaban J connectivity index is 3.73. The molecule has 3 unspecified atom stereocenters. The zero-order chi connectivity index (χ0) is 19.1. The minimum absolute atomic E-state index is 0.0136. The molecule has 0 radical (unpaired) electrons. The van der Waals surface area contributed by atoms with Crippen molar-refractivity contribution in [3.63, 3.8) is 0 Å². The number of hydrogen-bond acceptors (Lipinski definition) is 8. The van der Waals surface area contributed by atoms with Crippen LogP contribution < -0.4 is 0 Å². The van der Waals surface area contributed by atoms with Crippen LogP contribution in [0.15, 0.2) is 24.3 Å². The number of hydrogen-bond donors (Lipinski definition) is 2. The fraction of sp³-hybridized carbons (Fsp3) is 0.647. The number of aliphatic hydroxyl groups excluding tert-OH is 2. The molecule has 0 amide bonds. The zero-order valence-electron chi connectivity index (χ0n) is 14.9. The molecule has 0 spiro atoms. The molecule has 0 aliphatic heterocycles. The second-order valence-corrected chi connectivity index (χ2v) is 5.25. The van der Waals surface area contributed by atoms with E-state index in [0.717, 1.165) is 0 Å². The molecule has 25 heavy (non-hydrogen) atoms. The van der Waals surface area contributed by atoms with Crippen LogP contribution in [0, 0.1) is 0 Å². The number of rotatable bonds is 13. The van der Waals surface area contributed by atoms with Gasteiger partial charge in [-0.1, -0.05) is 12.2 Å². The summed E-state index contributed by atoms with van der Waals surface area (Å²) in [4.78, 5) is 22.2. The Morgan fingerprint density at radius 3 is 1.80 bits per heavy atom. The van der Waals surface area contributed by atoms with Gasteiger partial charge in [0.15, 0.2) is 0 Å². The molecular formula is C17H28O8. The lowest BCUT2D eigenvalue weighted by molar-refractivity contribution is -0.144. The molecular weight excluding hydrogens is 332 g/mol. The molecule has 0 aromatic rings. The van der Waals surface area contributed by atoms with Gasteiger partial charge < -0.3 is 29.2 Å². The lowest BCUT2D eigenvalue weighted by Gasteiger charge is -2.17. The number of carbonyl (C=O) groups excluding carboxylic acids is 2. The van der Waals surface area contributed by atoms with E-state index in [1.165, 1.54) is 12.2 Å². The van der Waals surface area contributed by atoms with Crippen molar-refractivity contribution < 1.29 is 38.7 Å². The average molecular weight is 360 g/mol. The normalized spacial score (nSPS) is 15.2. The molecule has 0 saturated heterocycles. The van der Waals surface area contributed by atoms with Gasteiger partial charge in [0.05, 0.1) is 25.9 Å². The third-order valence-electron chi connectivity index (χ3n) is 2.68. The van der Waals surface area contributed by atoms with E-state index in [1.807, 2.05) is 0 Å². The van der Waals surface area contributed by atoms with Crippen molar-refractivity contribution in [1.82, 2.24) is 0 Å². The first kappa shape index (κ1) is 23.3. The maximum atomic E-state index is 11.1. The molecule has 0 aliphatic rings. The Bertz CT molecular complexity index is 432. The summed E-state index contributed by atoms with van der Waals surface area (Å²) >= 11 is 0. The van der Waals surface area contributed by atoms with Crippen LogP contribution in [0.4, 0.5) is 0 Å². The van der Waals surface area contributed by atoms with Crippen molar-refractivity contribution >= 4 is 11.9 Å². The molecule has 0 aliphatic carbocycles. The first-order chi connectivity index (χ1) is 11.9. The molecule has 0 fully saturated rings. The van der Waals surface area contributed by atoms with Crippen molar-refractivity contribution in [2.24, 2.45) is 0 Å². The maximum Gasteiger partial charge on any atom is 0.330 e. The van der Waals surface area contributed by atoms with Gasteiger partial charge in [0.2, 0.25) is 0 Å². The van der Waals surface area contributed by atoms with Gasteiger partial charge >= 0.3 is 11.9 Å². The second-order valence-electron chi connectivity index (χ2n) is 5.25. The van der Waals surface area contributed by atoms with Gasteiger partial charge in [0, 0.05) is 12.2 Å². The minimum Gasteiger partial charge on any atom is -0.460 e. The smallest absolute Gasteiger partial charge is 0.330 e. The highest BCUT2D eigenvalue weighted by molar-refractivity contribution is 5.82. The van der Waals surface area contributed by atoms with Crippen LogP contribution in [-0.4, -0.2) is 73.5 Å². The van der Waals surface area contributed by atoms with Crippen LogP contribution in [0.25, 0.3) is 0 Å². The fourth-order valence-corrected chi connectivity index (χ4v) is 1.51. The van der Waals surface area contributed by atoms with Crippen LogP contribution in [0.3, 0.4) is 0 Å². The second kappa shape index (κ2) is 14.6. The van der Waals surface area contributed by atoms with Gasteiger partial charge in [-0.05, 0) is 20.8 Å². The Labute approximate surface area is 148 Å². The third-order valence-corrected chi connectivity index (χ3v) is 2.68. The molecule has 0 aromatic heterocycles. The predicted molar refractivity (Wildman–Crippen MR) is 89.8 cm³/mol. The Hall–Kier alpha value is -1.74. The predicted octanol–water partition coefficient (Wildman–Crippen LogP) is 0.368. The van der Waals surface area contributed by atoms with Crippen LogP contribution in [0.5, 0.6) is 0 Å². The van der Waals surface area contributed by atoms with Gasteiger partial charge in [0.1, 0.15) is 25.4 Å². The summed E-state index contributed by atoms with van der Waals surface area (Å²) in [6.07, 6.45) is 3.39. The van der Waals surface area contributed by atoms with Crippen LogP contribution >= 0.6 is 0 Å². The molecule has 8 nitrogen and oxygen atoms in total. The third kappa shape index (κ3) is 14.3. The number of esters is 2. The molecule has 2 N–H and O–H groups in total. The Morgan fingerprint density at radius 1 is 0.840 bits per heavy atom. The maximum absolute atomic E-state index is 11.1. The van der Waals surface area contributed by atoms with E-state index in [2.05, 4.69) is 0 Å². The van der Waals surface area contributed by atoms with Gasteiger partial charge in [-0.3, -0.25) is 0 Å². The van der Waals surface area contributed by atoms with E-state index in [-0.39, 0.29) is 39.1 Å². The summed E-state index contributed by atoms with van der Waals surface area (Å²) in [5.41, 5.74) is 0. The van der Waals surface area contributed by atoms with Gasteiger partial charge in [-0.2, -0.15) is 0 Å². The monoisotopic (exact) mass is 360 g/mol. The van der Waals surface area contributed by atoms with E-state index in [4.69, 9.17) is 18.9 Å². The van der Waals surface area contributed by atoms with Crippen LogP contribution in [0.1, 0.15) is 20.8 Å². The molecule has 144 valence electrons. The first-order valence-corrected chi connectivity index (χ1v) is 8.03. The van der Waals surface area contributed by atoms with Gasteiger partial charge in [0.25, 0.3) is 0 Å². The summed E-state index contributed by atoms with van der Waals surface area (Å²) in [6, 6.07) is 0. The highest BCUT2D eigenvalue weighted by atomic mass is 16.6. The molecule has 0 aromatic carbocycles. The van der Waals surface area contributed by atoms with E-state index in [0.29, 0.717) is 0 Å². The van der Waals surface area contributed by atoms with E-state index >= 15 is 0 Å². The van der Waals surface area contributed by atoms with E-state index in [1.54, 1.807) is 32.9 Å². The standard InChI is InChI=1S/C17H28O8/c1-4-6-16(20)24-11-14(18)9-22-8-13(3)23-10-15(19)12-25-17(21)7-5-2/h4-7,13-15,18-19H,8-12H2,1-3H3. The molecule has 8 heteroatoms. The van der Waals surface area contributed by atoms with Gasteiger partial charge in [-0.25, -0.2) is 9.59 Å². The number of aliphatic hydroxyl groups is 2. The van der Waals surface area contributed by atoms with Crippen molar-refractivity contribution in [2.45, 2.75) is 39.1 Å². The summed E-state index contributed by atoms with van der Waals surface area (Å²) in [6.45, 7) is 4.94. The summed E-state index contributed by atoms with van der Waals surface area (Å²) < 4.78 is 20.2. The van der Waals surface area contributed by atoms with Gasteiger partial charge in [-0.15, -0.1) is 0 Å². The average Bonchev–Trinajstić information content (AvgIpc) is 2.57. The molecule has 3 atom stereocenters. The topological polar surface area (TPSA) is 112 Å². The highest BCUT2D eigenvalue weighted by Crippen LogP contribution is 1.98. The SMILES string of the molecule is CC=CC(=O)OCC(O)COCC(C)OCC(O)COC(=O)C=CC. The molecule has 0 heterocycles. The van der Waals surface area contributed by atoms with Crippen molar-refractivity contribution in [2.75, 3.05) is 33.0 Å². The number of allylic oxidation sites excluding steroid dienone is 2. The quantitative estimate of drug-likeness (QED) is 0.358. The summed E-state index contributed by atoms with van der Waals surface area (Å²) in [5.74, 6) is -1.05. The largest absolute Gasteiger partial charge is 0.460 e. The Kier molecular flexibility index (Phi) is 13.6. The minimum atomic E-state index is -0.937. The lowest BCUT2D eigenvalue weighted by atomic mass is 10.3. The first-order valence-electron chi connectivity index (χ1n) is 8.03.